The molecule has 0 aliphatic carbocycles. The van der Waals surface area contributed by atoms with Crippen molar-refractivity contribution >= 4 is 46.4 Å². The number of nitrogens with one attached hydrogen (secondary N) is 4. The molecule has 4 N–H and O–H groups in total. The first-order valence-electron chi connectivity index (χ1n) is 8.71. The number of anilines is 3. The maximum Gasteiger partial charge on any atom is 0.329 e. The number of rotatable bonds is 6. The summed E-state index contributed by atoms with van der Waals surface area (Å²) in [6, 6.07) is 15.2. The van der Waals surface area contributed by atoms with Gasteiger partial charge in [-0.05, 0) is 31.2 Å². The SMILES string of the molecule is CC(=O)Nc1ccccc1NC(=O)C/C(C)=N\NC(=O)C(=O)Nc1ccccc1. The summed E-state index contributed by atoms with van der Waals surface area (Å²) in [5.41, 5.74) is 3.78. The fourth-order valence-corrected chi connectivity index (χ4v) is 2.26. The summed E-state index contributed by atoms with van der Waals surface area (Å²) in [6.07, 6.45) is -0.116. The van der Waals surface area contributed by atoms with E-state index in [1.807, 2.05) is 0 Å². The highest BCUT2D eigenvalue weighted by atomic mass is 16.2. The second kappa shape index (κ2) is 10.4. The molecule has 0 aromatic heterocycles. The molecule has 0 bridgehead atoms. The predicted molar refractivity (Wildman–Crippen MR) is 110 cm³/mol. The smallest absolute Gasteiger partial charge is 0.325 e. The van der Waals surface area contributed by atoms with E-state index >= 15 is 0 Å². The van der Waals surface area contributed by atoms with Crippen molar-refractivity contribution in [2.24, 2.45) is 5.10 Å². The Hall–Kier alpha value is -4.01. The number of benzene rings is 2. The zero-order valence-electron chi connectivity index (χ0n) is 16.0. The number of hydrogen-bond acceptors (Lipinski definition) is 5. The Morgan fingerprint density at radius 2 is 1.34 bits per heavy atom. The summed E-state index contributed by atoms with van der Waals surface area (Å²) in [4.78, 5) is 47.0. The molecule has 0 aliphatic rings. The normalized spacial score (nSPS) is 10.6. The van der Waals surface area contributed by atoms with Crippen LogP contribution >= 0.6 is 0 Å². The molecule has 0 radical (unpaired) electrons. The lowest BCUT2D eigenvalue weighted by atomic mass is 10.2. The van der Waals surface area contributed by atoms with E-state index in [1.165, 1.54) is 13.8 Å². The molecule has 0 atom stereocenters. The van der Waals surface area contributed by atoms with Crippen LogP contribution < -0.4 is 21.4 Å². The van der Waals surface area contributed by atoms with Crippen LogP contribution in [0.3, 0.4) is 0 Å². The van der Waals surface area contributed by atoms with Gasteiger partial charge in [-0.25, -0.2) is 5.43 Å². The summed E-state index contributed by atoms with van der Waals surface area (Å²) in [7, 11) is 0. The van der Waals surface area contributed by atoms with Gasteiger partial charge in [0.15, 0.2) is 0 Å². The summed E-state index contributed by atoms with van der Waals surface area (Å²) in [6.45, 7) is 2.90. The number of hydrogen-bond donors (Lipinski definition) is 4. The van der Waals surface area contributed by atoms with E-state index in [2.05, 4.69) is 26.5 Å². The highest BCUT2D eigenvalue weighted by Gasteiger charge is 2.14. The molecule has 2 aromatic carbocycles. The molecule has 9 nitrogen and oxygen atoms in total. The van der Waals surface area contributed by atoms with Crippen LogP contribution in [0.2, 0.25) is 0 Å². The van der Waals surface area contributed by atoms with Gasteiger partial charge in [-0.1, -0.05) is 30.3 Å². The molecular weight excluding hydrogens is 374 g/mol. The van der Waals surface area contributed by atoms with Crippen LogP contribution in [0.25, 0.3) is 0 Å². The molecule has 150 valence electrons. The number of carbonyl (C=O) groups is 4. The lowest BCUT2D eigenvalue weighted by Gasteiger charge is -2.11. The van der Waals surface area contributed by atoms with Crippen molar-refractivity contribution in [1.29, 1.82) is 0 Å². The van der Waals surface area contributed by atoms with Gasteiger partial charge in [0.2, 0.25) is 11.8 Å². The minimum absolute atomic E-state index is 0.116. The third kappa shape index (κ3) is 7.25. The molecule has 0 saturated heterocycles. The van der Waals surface area contributed by atoms with Crippen LogP contribution in [-0.2, 0) is 19.2 Å². The van der Waals surface area contributed by atoms with Gasteiger partial charge in [-0.2, -0.15) is 5.10 Å². The monoisotopic (exact) mass is 395 g/mol. The van der Waals surface area contributed by atoms with Gasteiger partial charge < -0.3 is 16.0 Å². The zero-order valence-corrected chi connectivity index (χ0v) is 16.0. The van der Waals surface area contributed by atoms with E-state index in [-0.39, 0.29) is 12.3 Å². The minimum atomic E-state index is -0.954. The molecule has 2 rings (SSSR count). The first-order chi connectivity index (χ1) is 13.8. The molecular formula is C20H21N5O4. The first kappa shape index (κ1) is 21.3. The summed E-state index contributed by atoms with van der Waals surface area (Å²) in [5.74, 6) is -2.49. The van der Waals surface area contributed by atoms with Crippen molar-refractivity contribution in [2.45, 2.75) is 20.3 Å². The lowest BCUT2D eigenvalue weighted by molar-refractivity contribution is -0.136. The third-order valence-corrected chi connectivity index (χ3v) is 3.51. The van der Waals surface area contributed by atoms with Crippen molar-refractivity contribution < 1.29 is 19.2 Å². The lowest BCUT2D eigenvalue weighted by Crippen LogP contribution is -2.33. The van der Waals surface area contributed by atoms with E-state index in [4.69, 9.17) is 0 Å². The average Bonchev–Trinajstić information content (AvgIpc) is 2.68. The first-order valence-corrected chi connectivity index (χ1v) is 8.71. The van der Waals surface area contributed by atoms with Crippen LogP contribution in [0.15, 0.2) is 59.7 Å². The molecule has 0 spiro atoms. The van der Waals surface area contributed by atoms with E-state index in [9.17, 15) is 19.2 Å². The van der Waals surface area contributed by atoms with Crippen LogP contribution in [0.5, 0.6) is 0 Å². The fourth-order valence-electron chi connectivity index (χ4n) is 2.26. The van der Waals surface area contributed by atoms with E-state index in [0.717, 1.165) is 0 Å². The highest BCUT2D eigenvalue weighted by Crippen LogP contribution is 2.21. The summed E-state index contributed by atoms with van der Waals surface area (Å²) < 4.78 is 0. The Bertz CT molecular complexity index is 941. The van der Waals surface area contributed by atoms with Gasteiger partial charge >= 0.3 is 11.8 Å². The molecule has 0 unspecified atom stereocenters. The number of amides is 4. The van der Waals surface area contributed by atoms with Crippen LogP contribution in [0.4, 0.5) is 17.1 Å². The molecule has 2 aromatic rings. The molecule has 4 amide bonds. The Labute approximate surface area is 167 Å². The standard InChI is InChI=1S/C20H21N5O4/c1-13(24-25-20(29)19(28)22-15-8-4-3-5-9-15)12-18(27)23-17-11-7-6-10-16(17)21-14(2)26/h3-11H,12H2,1-2H3,(H,21,26)(H,22,28)(H,23,27)(H,25,29)/b24-13-. The van der Waals surface area contributed by atoms with E-state index in [1.54, 1.807) is 54.6 Å². The maximum absolute atomic E-state index is 12.2. The molecule has 0 saturated carbocycles. The van der Waals surface area contributed by atoms with Crippen molar-refractivity contribution in [2.75, 3.05) is 16.0 Å². The number of carbonyl (C=O) groups excluding carboxylic acids is 4. The topological polar surface area (TPSA) is 129 Å². The van der Waals surface area contributed by atoms with Crippen LogP contribution in [-0.4, -0.2) is 29.3 Å². The van der Waals surface area contributed by atoms with Crippen molar-refractivity contribution in [3.63, 3.8) is 0 Å². The Kier molecular flexibility index (Phi) is 7.60. The molecule has 0 aliphatic heterocycles. The third-order valence-electron chi connectivity index (χ3n) is 3.51. The molecule has 9 heteroatoms. The van der Waals surface area contributed by atoms with Gasteiger partial charge in [0.25, 0.3) is 0 Å². The van der Waals surface area contributed by atoms with Crippen molar-refractivity contribution in [3.05, 3.63) is 54.6 Å². The average molecular weight is 395 g/mol. The van der Waals surface area contributed by atoms with Crippen LogP contribution in [0, 0.1) is 0 Å². The van der Waals surface area contributed by atoms with Gasteiger partial charge in [-0.3, -0.25) is 19.2 Å². The fraction of sp³-hybridized carbons (Fsp3) is 0.150. The highest BCUT2D eigenvalue weighted by molar-refractivity contribution is 6.39. The van der Waals surface area contributed by atoms with Crippen LogP contribution in [0.1, 0.15) is 20.3 Å². The maximum atomic E-state index is 12.2. The number of hydrazone groups is 1. The zero-order chi connectivity index (χ0) is 21.2. The van der Waals surface area contributed by atoms with Gasteiger partial charge in [0, 0.05) is 18.3 Å². The number of para-hydroxylation sites is 3. The van der Waals surface area contributed by atoms with Gasteiger partial charge in [0.1, 0.15) is 0 Å². The summed E-state index contributed by atoms with van der Waals surface area (Å²) >= 11 is 0. The second-order valence-electron chi connectivity index (χ2n) is 6.06. The van der Waals surface area contributed by atoms with E-state index < -0.39 is 17.7 Å². The summed E-state index contributed by atoms with van der Waals surface area (Å²) in [5, 5.41) is 11.5. The quantitative estimate of drug-likeness (QED) is 0.339. The molecule has 29 heavy (non-hydrogen) atoms. The Morgan fingerprint density at radius 1 is 0.759 bits per heavy atom. The second-order valence-corrected chi connectivity index (χ2v) is 6.06. The van der Waals surface area contributed by atoms with E-state index in [0.29, 0.717) is 22.8 Å². The molecule has 0 fully saturated rings. The Morgan fingerprint density at radius 3 is 1.97 bits per heavy atom. The van der Waals surface area contributed by atoms with Crippen molar-refractivity contribution in [1.82, 2.24) is 5.43 Å². The van der Waals surface area contributed by atoms with Gasteiger partial charge in [-0.15, -0.1) is 0 Å². The number of nitrogens with zero attached hydrogens (tertiary/aromatic N) is 1. The largest absolute Gasteiger partial charge is 0.329 e. The van der Waals surface area contributed by atoms with Gasteiger partial charge in [0.05, 0.1) is 17.8 Å². The molecule has 0 heterocycles. The van der Waals surface area contributed by atoms with Crippen molar-refractivity contribution in [3.8, 4) is 0 Å². The Balaban J connectivity index is 1.87. The minimum Gasteiger partial charge on any atom is -0.325 e. The predicted octanol–water partition coefficient (Wildman–Crippen LogP) is 2.10.